The van der Waals surface area contributed by atoms with E-state index in [2.05, 4.69) is 10.3 Å². The van der Waals surface area contributed by atoms with E-state index in [-0.39, 0.29) is 5.91 Å². The zero-order valence-electron chi connectivity index (χ0n) is 11.9. The molecule has 1 aromatic carbocycles. The summed E-state index contributed by atoms with van der Waals surface area (Å²) in [7, 11) is 0. The van der Waals surface area contributed by atoms with Gasteiger partial charge in [0.2, 0.25) is 5.91 Å². The lowest BCUT2D eigenvalue weighted by Crippen LogP contribution is -2.27. The smallest absolute Gasteiger partial charge is 0.224 e. The highest BCUT2D eigenvalue weighted by Gasteiger charge is 2.05. The summed E-state index contributed by atoms with van der Waals surface area (Å²) < 4.78 is 2.01. The lowest BCUT2D eigenvalue weighted by atomic mass is 10.1. The molecule has 0 atom stereocenters. The number of aromatic nitrogens is 2. The molecular formula is C16H17N3OS. The van der Waals surface area contributed by atoms with Gasteiger partial charge in [0.15, 0.2) is 4.96 Å². The number of hydrogen-bond acceptors (Lipinski definition) is 3. The van der Waals surface area contributed by atoms with E-state index >= 15 is 0 Å². The Morgan fingerprint density at radius 3 is 3.14 bits per heavy atom. The molecule has 2 aromatic heterocycles. The summed E-state index contributed by atoms with van der Waals surface area (Å²) in [5, 5.41) is 4.96. The molecule has 1 N–H and O–H groups in total. The average molecular weight is 299 g/mol. The Morgan fingerprint density at radius 2 is 2.33 bits per heavy atom. The van der Waals surface area contributed by atoms with Crippen molar-refractivity contribution >= 4 is 22.2 Å². The molecule has 3 rings (SSSR count). The third-order valence-electron chi connectivity index (χ3n) is 3.29. The van der Waals surface area contributed by atoms with Crippen LogP contribution in [-0.2, 0) is 17.6 Å². The van der Waals surface area contributed by atoms with Gasteiger partial charge in [-0.05, 0) is 12.5 Å². The van der Waals surface area contributed by atoms with Crippen LogP contribution in [0.1, 0.15) is 16.8 Å². The van der Waals surface area contributed by atoms with Crippen molar-refractivity contribution in [3.8, 4) is 0 Å². The average Bonchev–Trinajstić information content (AvgIpc) is 2.99. The summed E-state index contributed by atoms with van der Waals surface area (Å²) in [5.74, 6) is 0.0571. The van der Waals surface area contributed by atoms with Crippen LogP contribution >= 0.6 is 11.3 Å². The molecule has 108 valence electrons. The molecule has 5 heteroatoms. The molecule has 1 amide bonds. The van der Waals surface area contributed by atoms with E-state index in [0.29, 0.717) is 13.0 Å². The maximum atomic E-state index is 11.9. The molecule has 0 aliphatic carbocycles. The van der Waals surface area contributed by atoms with Crippen molar-refractivity contribution in [2.45, 2.75) is 19.8 Å². The van der Waals surface area contributed by atoms with E-state index in [0.717, 1.165) is 22.6 Å². The molecule has 0 spiro atoms. The van der Waals surface area contributed by atoms with Gasteiger partial charge in [-0.1, -0.05) is 29.8 Å². The minimum atomic E-state index is 0.0571. The van der Waals surface area contributed by atoms with Crippen molar-refractivity contribution in [3.05, 3.63) is 58.9 Å². The van der Waals surface area contributed by atoms with Crippen molar-refractivity contribution in [3.63, 3.8) is 0 Å². The van der Waals surface area contributed by atoms with Crippen molar-refractivity contribution in [1.82, 2.24) is 14.7 Å². The third-order valence-corrected chi connectivity index (χ3v) is 4.06. The molecule has 0 radical (unpaired) electrons. The van der Waals surface area contributed by atoms with E-state index in [1.165, 1.54) is 5.56 Å². The fraction of sp³-hybridized carbons (Fsp3) is 0.250. The number of nitrogens with zero attached hydrogens (tertiary/aromatic N) is 2. The first-order valence-electron chi connectivity index (χ1n) is 6.94. The van der Waals surface area contributed by atoms with Crippen LogP contribution in [0.3, 0.4) is 0 Å². The fourth-order valence-electron chi connectivity index (χ4n) is 2.30. The second kappa shape index (κ2) is 6.10. The molecular weight excluding hydrogens is 282 g/mol. The Kier molecular flexibility index (Phi) is 4.01. The molecule has 0 aliphatic heterocycles. The van der Waals surface area contributed by atoms with E-state index in [9.17, 15) is 4.79 Å². The van der Waals surface area contributed by atoms with Gasteiger partial charge in [0.05, 0.1) is 12.1 Å². The van der Waals surface area contributed by atoms with Crippen molar-refractivity contribution in [1.29, 1.82) is 0 Å². The van der Waals surface area contributed by atoms with E-state index in [4.69, 9.17) is 0 Å². The lowest BCUT2D eigenvalue weighted by Gasteiger charge is -2.05. The maximum Gasteiger partial charge on any atom is 0.224 e. The van der Waals surface area contributed by atoms with Crippen LogP contribution < -0.4 is 5.32 Å². The standard InChI is InChI=1S/C16H17N3OS/c1-12-3-2-4-13(9-12)10-15(20)17-6-5-14-11-19-7-8-21-16(19)18-14/h2-4,7-9,11H,5-6,10H2,1H3,(H,17,20). The van der Waals surface area contributed by atoms with Gasteiger partial charge < -0.3 is 5.32 Å². The molecule has 0 fully saturated rings. The lowest BCUT2D eigenvalue weighted by molar-refractivity contribution is -0.120. The molecule has 2 heterocycles. The molecule has 4 nitrogen and oxygen atoms in total. The van der Waals surface area contributed by atoms with Crippen LogP contribution in [0, 0.1) is 6.92 Å². The largest absolute Gasteiger partial charge is 0.355 e. The highest BCUT2D eigenvalue weighted by molar-refractivity contribution is 7.15. The molecule has 0 aliphatic rings. The second-order valence-corrected chi connectivity index (χ2v) is 5.96. The number of aryl methyl sites for hydroxylation is 1. The van der Waals surface area contributed by atoms with Gasteiger partial charge in [-0.25, -0.2) is 4.98 Å². The number of rotatable bonds is 5. The predicted octanol–water partition coefficient (Wildman–Crippen LogP) is 2.61. The van der Waals surface area contributed by atoms with Crippen LogP contribution in [0.25, 0.3) is 4.96 Å². The molecule has 21 heavy (non-hydrogen) atoms. The number of amides is 1. The van der Waals surface area contributed by atoms with Gasteiger partial charge in [-0.3, -0.25) is 9.20 Å². The van der Waals surface area contributed by atoms with Crippen LogP contribution in [0.2, 0.25) is 0 Å². The van der Waals surface area contributed by atoms with Crippen LogP contribution in [0.15, 0.2) is 42.0 Å². The Labute approximate surface area is 127 Å². The topological polar surface area (TPSA) is 46.4 Å². The summed E-state index contributed by atoms with van der Waals surface area (Å²) in [6.07, 6.45) is 5.19. The van der Waals surface area contributed by atoms with Crippen molar-refractivity contribution in [2.24, 2.45) is 0 Å². The molecule has 0 saturated carbocycles. The monoisotopic (exact) mass is 299 g/mol. The third kappa shape index (κ3) is 3.49. The Morgan fingerprint density at radius 1 is 1.43 bits per heavy atom. The first-order valence-corrected chi connectivity index (χ1v) is 7.82. The van der Waals surface area contributed by atoms with Gasteiger partial charge in [0, 0.05) is 30.7 Å². The quantitative estimate of drug-likeness (QED) is 0.787. The van der Waals surface area contributed by atoms with Gasteiger partial charge >= 0.3 is 0 Å². The number of fused-ring (bicyclic) bond motifs is 1. The number of carbonyl (C=O) groups excluding carboxylic acids is 1. The maximum absolute atomic E-state index is 11.9. The first-order chi connectivity index (χ1) is 10.2. The zero-order chi connectivity index (χ0) is 14.7. The number of hydrogen-bond donors (Lipinski definition) is 1. The number of carbonyl (C=O) groups is 1. The Bertz CT molecular complexity index is 731. The highest BCUT2D eigenvalue weighted by atomic mass is 32.1. The normalized spacial score (nSPS) is 10.9. The van der Waals surface area contributed by atoms with Crippen molar-refractivity contribution < 1.29 is 4.79 Å². The van der Waals surface area contributed by atoms with Crippen LogP contribution in [-0.4, -0.2) is 21.8 Å². The predicted molar refractivity (Wildman–Crippen MR) is 84.7 cm³/mol. The van der Waals surface area contributed by atoms with Gasteiger partial charge in [0.25, 0.3) is 0 Å². The summed E-state index contributed by atoms with van der Waals surface area (Å²) in [4.78, 5) is 17.4. The Balaban J connectivity index is 1.48. The minimum absolute atomic E-state index is 0.0571. The molecule has 3 aromatic rings. The van der Waals surface area contributed by atoms with E-state index in [1.807, 2.05) is 53.4 Å². The highest BCUT2D eigenvalue weighted by Crippen LogP contribution is 2.11. The van der Waals surface area contributed by atoms with Gasteiger partial charge in [-0.15, -0.1) is 11.3 Å². The van der Waals surface area contributed by atoms with Gasteiger partial charge in [-0.2, -0.15) is 0 Å². The summed E-state index contributed by atoms with van der Waals surface area (Å²) >= 11 is 1.62. The first kappa shape index (κ1) is 13.8. The van der Waals surface area contributed by atoms with Gasteiger partial charge in [0.1, 0.15) is 0 Å². The summed E-state index contributed by atoms with van der Waals surface area (Å²) in [6.45, 7) is 2.65. The number of nitrogens with one attached hydrogen (secondary N) is 1. The minimum Gasteiger partial charge on any atom is -0.355 e. The number of benzene rings is 1. The zero-order valence-corrected chi connectivity index (χ0v) is 12.7. The number of imidazole rings is 1. The molecule has 0 unspecified atom stereocenters. The van der Waals surface area contributed by atoms with E-state index < -0.39 is 0 Å². The summed E-state index contributed by atoms with van der Waals surface area (Å²) in [5.41, 5.74) is 3.24. The second-order valence-electron chi connectivity index (χ2n) is 5.09. The number of thiazole rings is 1. The van der Waals surface area contributed by atoms with Crippen LogP contribution in [0.4, 0.5) is 0 Å². The Hall–Kier alpha value is -2.14. The summed E-state index contributed by atoms with van der Waals surface area (Å²) in [6, 6.07) is 8.04. The fourth-order valence-corrected chi connectivity index (χ4v) is 3.02. The van der Waals surface area contributed by atoms with Crippen LogP contribution in [0.5, 0.6) is 0 Å². The molecule has 0 saturated heterocycles. The SMILES string of the molecule is Cc1cccc(CC(=O)NCCc2cn3ccsc3n2)c1. The molecule has 0 bridgehead atoms. The van der Waals surface area contributed by atoms with E-state index in [1.54, 1.807) is 11.3 Å². The van der Waals surface area contributed by atoms with Crippen molar-refractivity contribution in [2.75, 3.05) is 6.54 Å².